The molecule has 0 saturated heterocycles. The molecule has 1 fully saturated rings. The first-order chi connectivity index (χ1) is 14.5. The Hall–Kier alpha value is -2.66. The van der Waals surface area contributed by atoms with E-state index in [1.807, 2.05) is 0 Å². The first-order valence-corrected chi connectivity index (χ1v) is 10.9. The lowest BCUT2D eigenvalue weighted by Crippen LogP contribution is -2.12. The summed E-state index contributed by atoms with van der Waals surface area (Å²) in [6.45, 7) is 0.578. The van der Waals surface area contributed by atoms with Gasteiger partial charge in [0.25, 0.3) is 5.91 Å². The number of phenols is 1. The molecule has 5 N–H and O–H groups in total. The van der Waals surface area contributed by atoms with Crippen LogP contribution in [0.2, 0.25) is 0 Å². The van der Waals surface area contributed by atoms with E-state index in [0.29, 0.717) is 30.4 Å². The van der Waals surface area contributed by atoms with Crippen LogP contribution in [0.1, 0.15) is 77.9 Å². The quantitative estimate of drug-likeness (QED) is 0.569. The van der Waals surface area contributed by atoms with Crippen molar-refractivity contribution in [3.05, 3.63) is 64.7 Å². The van der Waals surface area contributed by atoms with Crippen LogP contribution in [-0.4, -0.2) is 16.8 Å². The number of ketones is 1. The number of carbonyl (C=O) groups is 2. The van der Waals surface area contributed by atoms with Gasteiger partial charge in [0.2, 0.25) is 0 Å². The molecule has 1 amide bonds. The molecular formula is C25H32N2O3. The minimum absolute atomic E-state index is 0.0798. The maximum atomic E-state index is 12.4. The van der Waals surface area contributed by atoms with Crippen LogP contribution in [0, 0.1) is 5.92 Å². The van der Waals surface area contributed by atoms with E-state index in [9.17, 15) is 14.7 Å². The van der Waals surface area contributed by atoms with E-state index in [-0.39, 0.29) is 23.5 Å². The van der Waals surface area contributed by atoms with E-state index in [1.165, 1.54) is 42.5 Å². The smallest absolute Gasteiger partial charge is 0.252 e. The molecule has 1 aliphatic rings. The molecule has 0 radical (unpaired) electrons. The van der Waals surface area contributed by atoms with Crippen molar-refractivity contribution in [2.24, 2.45) is 17.4 Å². The largest absolute Gasteiger partial charge is 0.507 e. The minimum atomic E-state index is -0.674. The third-order valence-corrected chi connectivity index (χ3v) is 6.31. The lowest BCUT2D eigenvalue weighted by molar-refractivity contribution is -0.118. The third-order valence-electron chi connectivity index (χ3n) is 6.31. The van der Waals surface area contributed by atoms with Gasteiger partial charge in [-0.1, -0.05) is 43.2 Å². The molecule has 2 unspecified atom stereocenters. The first-order valence-electron chi connectivity index (χ1n) is 10.9. The Morgan fingerprint density at radius 1 is 1.00 bits per heavy atom. The highest BCUT2D eigenvalue weighted by Gasteiger charge is 2.21. The normalized spacial score (nSPS) is 19.2. The molecule has 0 aromatic heterocycles. The van der Waals surface area contributed by atoms with Gasteiger partial charge in [-0.05, 0) is 66.3 Å². The number of benzene rings is 2. The maximum Gasteiger partial charge on any atom is 0.252 e. The van der Waals surface area contributed by atoms with Gasteiger partial charge in [-0.3, -0.25) is 9.59 Å². The van der Waals surface area contributed by atoms with E-state index >= 15 is 0 Å². The molecule has 0 aliphatic heterocycles. The van der Waals surface area contributed by atoms with Crippen LogP contribution in [0.15, 0.2) is 42.5 Å². The van der Waals surface area contributed by atoms with Crippen molar-refractivity contribution in [3.8, 4) is 5.75 Å². The van der Waals surface area contributed by atoms with E-state index < -0.39 is 5.91 Å². The summed E-state index contributed by atoms with van der Waals surface area (Å²) in [4.78, 5) is 23.6. The number of aromatic hydroxyl groups is 1. The fraction of sp³-hybridized carbons (Fsp3) is 0.440. The zero-order valence-electron chi connectivity index (χ0n) is 17.5. The zero-order valence-corrected chi connectivity index (χ0v) is 17.5. The topological polar surface area (TPSA) is 106 Å². The standard InChI is InChI=1S/C25H32N2O3/c26-16-19-4-2-6-21(13-19)20-5-1-3-17(7-10-20)8-11-22(28)14-18-9-12-23(25(27)30)24(29)15-18/h2,4,6,9,12-13,15,17,20,29H,1,3,5,7-8,10-11,14,16,26H2,(H2,27,30). The Kier molecular flexibility index (Phi) is 7.63. The van der Waals surface area contributed by atoms with Crippen LogP contribution in [0.5, 0.6) is 5.75 Å². The molecule has 0 bridgehead atoms. The molecule has 2 atom stereocenters. The lowest BCUT2D eigenvalue weighted by atomic mass is 9.89. The molecule has 1 aliphatic carbocycles. The summed E-state index contributed by atoms with van der Waals surface area (Å²) in [6, 6.07) is 13.3. The molecule has 3 rings (SSSR count). The second-order valence-corrected chi connectivity index (χ2v) is 8.49. The van der Waals surface area contributed by atoms with E-state index in [4.69, 9.17) is 11.5 Å². The summed E-state index contributed by atoms with van der Waals surface area (Å²) >= 11 is 0. The van der Waals surface area contributed by atoms with Crippen LogP contribution in [0.25, 0.3) is 0 Å². The predicted molar refractivity (Wildman–Crippen MR) is 118 cm³/mol. The second-order valence-electron chi connectivity index (χ2n) is 8.49. The number of amides is 1. The van der Waals surface area contributed by atoms with Crippen LogP contribution in [0.3, 0.4) is 0 Å². The average molecular weight is 409 g/mol. The third kappa shape index (κ3) is 5.92. The summed E-state index contributed by atoms with van der Waals surface area (Å²) in [6.07, 6.45) is 7.62. The van der Waals surface area contributed by atoms with Crippen molar-refractivity contribution in [2.75, 3.05) is 0 Å². The Morgan fingerprint density at radius 2 is 1.83 bits per heavy atom. The Bertz CT molecular complexity index is 894. The summed E-state index contributed by atoms with van der Waals surface area (Å²) < 4.78 is 0. The second kappa shape index (κ2) is 10.4. The summed E-state index contributed by atoms with van der Waals surface area (Å²) in [5, 5.41) is 9.87. The van der Waals surface area contributed by atoms with Gasteiger partial charge in [0.1, 0.15) is 11.5 Å². The van der Waals surface area contributed by atoms with Crippen LogP contribution in [-0.2, 0) is 17.8 Å². The van der Waals surface area contributed by atoms with Crippen LogP contribution < -0.4 is 11.5 Å². The maximum absolute atomic E-state index is 12.4. The van der Waals surface area contributed by atoms with E-state index in [2.05, 4.69) is 24.3 Å². The van der Waals surface area contributed by atoms with Crippen molar-refractivity contribution in [3.63, 3.8) is 0 Å². The van der Waals surface area contributed by atoms with Crippen molar-refractivity contribution in [2.45, 2.75) is 63.8 Å². The number of nitrogens with two attached hydrogens (primary N) is 2. The van der Waals surface area contributed by atoms with Gasteiger partial charge in [-0.15, -0.1) is 0 Å². The van der Waals surface area contributed by atoms with E-state index in [1.54, 1.807) is 6.07 Å². The Labute approximate surface area is 178 Å². The number of hydrogen-bond acceptors (Lipinski definition) is 4. The SMILES string of the molecule is NCc1cccc(C2CCCC(CCC(=O)Cc3ccc(C(N)=O)c(O)c3)CC2)c1. The van der Waals surface area contributed by atoms with Gasteiger partial charge in [0.05, 0.1) is 5.56 Å². The fourth-order valence-corrected chi connectivity index (χ4v) is 4.55. The molecular weight excluding hydrogens is 376 g/mol. The highest BCUT2D eigenvalue weighted by molar-refractivity contribution is 5.95. The first kappa shape index (κ1) is 22.0. The molecule has 0 heterocycles. The van der Waals surface area contributed by atoms with Crippen molar-refractivity contribution in [1.29, 1.82) is 0 Å². The number of primary amides is 1. The highest BCUT2D eigenvalue weighted by atomic mass is 16.3. The predicted octanol–water partition coefficient (Wildman–Crippen LogP) is 4.21. The molecule has 1 saturated carbocycles. The van der Waals surface area contributed by atoms with Crippen LogP contribution >= 0.6 is 0 Å². The lowest BCUT2D eigenvalue weighted by Gasteiger charge is -2.16. The zero-order chi connectivity index (χ0) is 21.5. The van der Waals surface area contributed by atoms with E-state index in [0.717, 1.165) is 19.3 Å². The summed E-state index contributed by atoms with van der Waals surface area (Å²) in [7, 11) is 0. The monoisotopic (exact) mass is 408 g/mol. The van der Waals surface area contributed by atoms with Gasteiger partial charge >= 0.3 is 0 Å². The highest BCUT2D eigenvalue weighted by Crippen LogP contribution is 2.36. The van der Waals surface area contributed by atoms with Gasteiger partial charge in [-0.2, -0.15) is 0 Å². The number of carbonyl (C=O) groups excluding carboxylic acids is 2. The summed E-state index contributed by atoms with van der Waals surface area (Å²) in [5.41, 5.74) is 14.4. The number of hydrogen-bond donors (Lipinski definition) is 3. The molecule has 30 heavy (non-hydrogen) atoms. The molecule has 160 valence electrons. The fourth-order valence-electron chi connectivity index (χ4n) is 4.55. The number of rotatable bonds is 8. The van der Waals surface area contributed by atoms with Crippen molar-refractivity contribution < 1.29 is 14.7 Å². The minimum Gasteiger partial charge on any atom is -0.507 e. The van der Waals surface area contributed by atoms with Crippen molar-refractivity contribution >= 4 is 11.7 Å². The van der Waals surface area contributed by atoms with Gasteiger partial charge in [-0.25, -0.2) is 0 Å². The van der Waals surface area contributed by atoms with Crippen LogP contribution in [0.4, 0.5) is 0 Å². The Balaban J connectivity index is 1.48. The molecule has 5 nitrogen and oxygen atoms in total. The van der Waals surface area contributed by atoms with Crippen molar-refractivity contribution in [1.82, 2.24) is 0 Å². The summed E-state index contributed by atoms with van der Waals surface area (Å²) in [5.74, 6) is 0.497. The molecule has 5 heteroatoms. The molecule has 0 spiro atoms. The van der Waals surface area contributed by atoms with Gasteiger partial charge in [0, 0.05) is 19.4 Å². The number of Topliss-reactive ketones (excluding diaryl/α,β-unsaturated/α-hetero) is 1. The molecule has 2 aromatic carbocycles. The average Bonchev–Trinajstić information content (AvgIpc) is 2.98. The van der Waals surface area contributed by atoms with Gasteiger partial charge in [0.15, 0.2) is 0 Å². The van der Waals surface area contributed by atoms with Gasteiger partial charge < -0.3 is 16.6 Å². The Morgan fingerprint density at radius 3 is 2.57 bits per heavy atom. The molecule has 2 aromatic rings.